The van der Waals surface area contributed by atoms with Crippen LogP contribution in [0.5, 0.6) is 11.5 Å². The van der Waals surface area contributed by atoms with Crippen molar-refractivity contribution in [3.8, 4) is 11.5 Å². The van der Waals surface area contributed by atoms with Gasteiger partial charge >= 0.3 is 0 Å². The molecule has 0 saturated heterocycles. The van der Waals surface area contributed by atoms with Gasteiger partial charge in [0.25, 0.3) is 11.8 Å². The first-order valence-electron chi connectivity index (χ1n) is 8.67. The predicted molar refractivity (Wildman–Crippen MR) is 104 cm³/mol. The zero-order valence-corrected chi connectivity index (χ0v) is 15.5. The fourth-order valence-corrected chi connectivity index (χ4v) is 2.08. The molecule has 0 saturated carbocycles. The van der Waals surface area contributed by atoms with Crippen LogP contribution in [0, 0.1) is 5.92 Å². The molecule has 0 aliphatic heterocycles. The number of carbonyl (C=O) groups is 2. The van der Waals surface area contributed by atoms with Crippen molar-refractivity contribution in [2.24, 2.45) is 5.92 Å². The molecular weight excluding hydrogens is 344 g/mol. The minimum atomic E-state index is -0.421. The minimum absolute atomic E-state index is 0.392. The summed E-state index contributed by atoms with van der Waals surface area (Å²) in [6.07, 6.45) is 1.64. The van der Waals surface area contributed by atoms with E-state index in [1.165, 1.54) is 0 Å². The number of rotatable bonds is 8. The van der Waals surface area contributed by atoms with Gasteiger partial charge in [0.1, 0.15) is 18.1 Å². The lowest BCUT2D eigenvalue weighted by atomic mass is 10.2. The van der Waals surface area contributed by atoms with Gasteiger partial charge in [0.05, 0.1) is 6.61 Å². The van der Waals surface area contributed by atoms with Crippen LogP contribution in [0.2, 0.25) is 0 Å². The van der Waals surface area contributed by atoms with Crippen LogP contribution in [0.4, 0.5) is 0 Å². The van der Waals surface area contributed by atoms with E-state index in [-0.39, 0.29) is 0 Å². The largest absolute Gasteiger partial charge is 0.493 e. The number of amides is 2. The lowest BCUT2D eigenvalue weighted by Crippen LogP contribution is -2.41. The highest BCUT2D eigenvalue weighted by Crippen LogP contribution is 2.14. The van der Waals surface area contributed by atoms with E-state index in [0.717, 1.165) is 0 Å². The Kier molecular flexibility index (Phi) is 7.43. The summed E-state index contributed by atoms with van der Waals surface area (Å²) in [5.74, 6) is 0.921. The Morgan fingerprint density at radius 2 is 1.33 bits per heavy atom. The Morgan fingerprint density at radius 3 is 1.74 bits per heavy atom. The molecule has 0 aromatic heterocycles. The average molecular weight is 368 g/mol. The van der Waals surface area contributed by atoms with Crippen molar-refractivity contribution in [3.63, 3.8) is 0 Å². The second kappa shape index (κ2) is 10.0. The molecule has 2 N–H and O–H groups in total. The summed E-state index contributed by atoms with van der Waals surface area (Å²) in [5, 5.41) is 0. The van der Waals surface area contributed by atoms with Crippen LogP contribution in [-0.2, 0) is 0 Å². The number of benzene rings is 2. The number of hydrazine groups is 1. The maximum Gasteiger partial charge on any atom is 0.269 e. The second-order valence-corrected chi connectivity index (χ2v) is 6.26. The van der Waals surface area contributed by atoms with E-state index in [4.69, 9.17) is 9.47 Å². The lowest BCUT2D eigenvalue weighted by molar-refractivity contribution is 0.0846. The molecule has 2 aromatic carbocycles. The molecule has 2 rings (SSSR count). The maximum absolute atomic E-state index is 12.1. The van der Waals surface area contributed by atoms with Gasteiger partial charge in [0, 0.05) is 11.1 Å². The van der Waals surface area contributed by atoms with Crippen molar-refractivity contribution >= 4 is 11.8 Å². The third-order valence-electron chi connectivity index (χ3n) is 3.47. The standard InChI is InChI=1S/C21H24N2O4/c1-4-13-26-18-9-5-16(6-10-18)20(24)22-23-21(25)17-7-11-19(12-8-17)27-14-15(2)3/h4-12,15H,1,13-14H2,2-3H3,(H,22,24)(H,23,25). The normalized spacial score (nSPS) is 10.2. The second-order valence-electron chi connectivity index (χ2n) is 6.26. The smallest absolute Gasteiger partial charge is 0.269 e. The molecule has 6 heteroatoms. The zero-order valence-electron chi connectivity index (χ0n) is 15.5. The van der Waals surface area contributed by atoms with Gasteiger partial charge in [-0.25, -0.2) is 0 Å². The number of carbonyl (C=O) groups excluding carboxylic acids is 2. The van der Waals surface area contributed by atoms with Crippen molar-refractivity contribution in [2.45, 2.75) is 13.8 Å². The molecule has 2 amide bonds. The van der Waals surface area contributed by atoms with E-state index in [1.807, 2.05) is 0 Å². The van der Waals surface area contributed by atoms with Gasteiger partial charge in [-0.2, -0.15) is 0 Å². The van der Waals surface area contributed by atoms with Crippen molar-refractivity contribution in [2.75, 3.05) is 13.2 Å². The molecule has 6 nitrogen and oxygen atoms in total. The highest BCUT2D eigenvalue weighted by molar-refractivity contribution is 5.99. The molecule has 0 unspecified atom stereocenters. The Bertz CT molecular complexity index is 768. The molecule has 0 aliphatic rings. The Hall–Kier alpha value is -3.28. The first-order chi connectivity index (χ1) is 13.0. The van der Waals surface area contributed by atoms with E-state index in [9.17, 15) is 9.59 Å². The summed E-state index contributed by atoms with van der Waals surface area (Å²) >= 11 is 0. The van der Waals surface area contributed by atoms with E-state index in [0.29, 0.717) is 41.8 Å². The van der Waals surface area contributed by atoms with Crippen molar-refractivity contribution in [1.82, 2.24) is 10.9 Å². The van der Waals surface area contributed by atoms with Gasteiger partial charge in [0.15, 0.2) is 0 Å². The molecule has 0 bridgehead atoms. The first kappa shape index (κ1) is 20.0. The highest BCUT2D eigenvalue weighted by atomic mass is 16.5. The van der Waals surface area contributed by atoms with Gasteiger partial charge < -0.3 is 9.47 Å². The quantitative estimate of drug-likeness (QED) is 0.553. The van der Waals surface area contributed by atoms with Crippen molar-refractivity contribution < 1.29 is 19.1 Å². The molecule has 0 radical (unpaired) electrons. The van der Waals surface area contributed by atoms with Gasteiger partial charge in [-0.15, -0.1) is 0 Å². The van der Waals surface area contributed by atoms with Crippen LogP contribution in [0.25, 0.3) is 0 Å². The Balaban J connectivity index is 1.85. The summed E-state index contributed by atoms with van der Waals surface area (Å²) in [6, 6.07) is 13.3. The maximum atomic E-state index is 12.1. The van der Waals surface area contributed by atoms with Gasteiger partial charge in [-0.3, -0.25) is 20.4 Å². The molecule has 2 aromatic rings. The van der Waals surface area contributed by atoms with Gasteiger partial charge in [-0.05, 0) is 54.4 Å². The van der Waals surface area contributed by atoms with E-state index < -0.39 is 11.8 Å². The zero-order chi connectivity index (χ0) is 19.6. The number of hydrogen-bond donors (Lipinski definition) is 2. The van der Waals surface area contributed by atoms with E-state index >= 15 is 0 Å². The van der Waals surface area contributed by atoms with Crippen molar-refractivity contribution in [1.29, 1.82) is 0 Å². The molecule has 0 aliphatic carbocycles. The third-order valence-corrected chi connectivity index (χ3v) is 3.47. The molecule has 142 valence electrons. The average Bonchev–Trinajstić information content (AvgIpc) is 2.69. The molecule has 27 heavy (non-hydrogen) atoms. The van der Waals surface area contributed by atoms with Crippen LogP contribution in [0.3, 0.4) is 0 Å². The summed E-state index contributed by atoms with van der Waals surface area (Å²) in [4.78, 5) is 24.2. The molecule has 0 heterocycles. The third kappa shape index (κ3) is 6.51. The summed E-state index contributed by atoms with van der Waals surface area (Å²) < 4.78 is 10.9. The number of hydrogen-bond acceptors (Lipinski definition) is 4. The van der Waals surface area contributed by atoms with Gasteiger partial charge in [-0.1, -0.05) is 26.5 Å². The van der Waals surface area contributed by atoms with E-state index in [2.05, 4.69) is 31.3 Å². The minimum Gasteiger partial charge on any atom is -0.493 e. The predicted octanol–water partition coefficient (Wildman–Crippen LogP) is 3.36. The summed E-state index contributed by atoms with van der Waals surface area (Å²) in [5.41, 5.74) is 5.60. The fourth-order valence-electron chi connectivity index (χ4n) is 2.08. The molecule has 0 fully saturated rings. The Labute approximate surface area is 159 Å². The highest BCUT2D eigenvalue weighted by Gasteiger charge is 2.09. The first-order valence-corrected chi connectivity index (χ1v) is 8.67. The summed E-state index contributed by atoms with van der Waals surface area (Å²) in [7, 11) is 0. The fraction of sp³-hybridized carbons (Fsp3) is 0.238. The number of nitrogens with one attached hydrogen (secondary N) is 2. The topological polar surface area (TPSA) is 76.7 Å². The monoisotopic (exact) mass is 368 g/mol. The van der Waals surface area contributed by atoms with Crippen LogP contribution in [0.1, 0.15) is 34.6 Å². The van der Waals surface area contributed by atoms with Crippen LogP contribution in [-0.4, -0.2) is 25.0 Å². The van der Waals surface area contributed by atoms with Crippen LogP contribution >= 0.6 is 0 Å². The van der Waals surface area contributed by atoms with E-state index in [1.54, 1.807) is 54.6 Å². The molecular formula is C21H24N2O4. The Morgan fingerprint density at radius 1 is 0.889 bits per heavy atom. The van der Waals surface area contributed by atoms with Crippen molar-refractivity contribution in [3.05, 3.63) is 72.3 Å². The van der Waals surface area contributed by atoms with Crippen LogP contribution in [0.15, 0.2) is 61.2 Å². The van der Waals surface area contributed by atoms with Gasteiger partial charge in [0.2, 0.25) is 0 Å². The molecule has 0 atom stereocenters. The summed E-state index contributed by atoms with van der Waals surface area (Å²) in [6.45, 7) is 8.70. The van der Waals surface area contributed by atoms with Crippen LogP contribution < -0.4 is 20.3 Å². The lowest BCUT2D eigenvalue weighted by Gasteiger charge is -2.10. The SMILES string of the molecule is C=CCOc1ccc(C(=O)NNC(=O)c2ccc(OCC(C)C)cc2)cc1. The molecule has 0 spiro atoms. The number of ether oxygens (including phenoxy) is 2.